The highest BCUT2D eigenvalue weighted by Crippen LogP contribution is 2.24. The average Bonchev–Trinajstić information content (AvgIpc) is 2.33. The predicted molar refractivity (Wildman–Crippen MR) is 91.1 cm³/mol. The highest BCUT2D eigenvalue weighted by atomic mass is 79.9. The van der Waals surface area contributed by atoms with E-state index in [1.54, 1.807) is 0 Å². The molecule has 0 saturated carbocycles. The third-order valence-corrected chi connectivity index (χ3v) is 3.77. The Morgan fingerprint density at radius 1 is 1.26 bits per heavy atom. The predicted octanol–water partition coefficient (Wildman–Crippen LogP) is 2.86. The summed E-state index contributed by atoms with van der Waals surface area (Å²) in [6.45, 7) is 5.29. The number of nitrogens with zero attached hydrogens (tertiary/aromatic N) is 2. The van der Waals surface area contributed by atoms with Crippen molar-refractivity contribution < 1.29 is 0 Å². The summed E-state index contributed by atoms with van der Waals surface area (Å²) < 4.78 is 0.962. The van der Waals surface area contributed by atoms with Crippen LogP contribution < -0.4 is 10.6 Å². The maximum absolute atomic E-state index is 5.68. The summed E-state index contributed by atoms with van der Waals surface area (Å²) >= 11 is 8.57. The SMILES string of the molecule is CCCN(CCN(C)C)c1ccc(C(N)=S)c(Br)c1. The number of hydrogen-bond acceptors (Lipinski definition) is 3. The molecule has 0 aliphatic heterocycles. The molecule has 0 aliphatic carbocycles. The fourth-order valence-electron chi connectivity index (χ4n) is 1.86. The van der Waals surface area contributed by atoms with Gasteiger partial charge in [-0.3, -0.25) is 0 Å². The Labute approximate surface area is 129 Å². The van der Waals surface area contributed by atoms with Crippen LogP contribution in [0.4, 0.5) is 5.69 Å². The molecule has 0 aliphatic rings. The second kappa shape index (κ2) is 7.82. The summed E-state index contributed by atoms with van der Waals surface area (Å²) in [6.07, 6.45) is 1.13. The van der Waals surface area contributed by atoms with E-state index in [2.05, 4.69) is 58.9 Å². The summed E-state index contributed by atoms with van der Waals surface area (Å²) in [7, 11) is 4.19. The number of thiocarbonyl (C=S) groups is 1. The van der Waals surface area contributed by atoms with Gasteiger partial charge in [0.05, 0.1) is 0 Å². The Morgan fingerprint density at radius 3 is 2.42 bits per heavy atom. The number of benzene rings is 1. The normalized spacial score (nSPS) is 10.8. The van der Waals surface area contributed by atoms with Gasteiger partial charge in [-0.05, 0) is 54.6 Å². The minimum absolute atomic E-state index is 0.425. The molecule has 2 N–H and O–H groups in total. The van der Waals surface area contributed by atoms with Gasteiger partial charge >= 0.3 is 0 Å². The minimum Gasteiger partial charge on any atom is -0.389 e. The molecule has 0 heterocycles. The zero-order valence-corrected chi connectivity index (χ0v) is 14.2. The van der Waals surface area contributed by atoms with Crippen LogP contribution in [0.15, 0.2) is 22.7 Å². The van der Waals surface area contributed by atoms with E-state index in [1.165, 1.54) is 5.69 Å². The van der Waals surface area contributed by atoms with E-state index in [0.29, 0.717) is 4.99 Å². The van der Waals surface area contributed by atoms with E-state index in [9.17, 15) is 0 Å². The van der Waals surface area contributed by atoms with E-state index in [4.69, 9.17) is 18.0 Å². The zero-order valence-electron chi connectivity index (χ0n) is 11.8. The summed E-state index contributed by atoms with van der Waals surface area (Å²) in [6, 6.07) is 6.17. The molecule has 0 atom stereocenters. The van der Waals surface area contributed by atoms with Crippen molar-refractivity contribution in [1.29, 1.82) is 0 Å². The van der Waals surface area contributed by atoms with Gasteiger partial charge in [-0.25, -0.2) is 0 Å². The van der Waals surface area contributed by atoms with Gasteiger partial charge in [0.1, 0.15) is 4.99 Å². The molecule has 1 aromatic carbocycles. The first-order chi connectivity index (χ1) is 8.95. The molecular weight excluding hydrogens is 322 g/mol. The van der Waals surface area contributed by atoms with Crippen LogP contribution in [-0.2, 0) is 0 Å². The zero-order chi connectivity index (χ0) is 14.4. The second-order valence-corrected chi connectivity index (χ2v) is 6.11. The van der Waals surface area contributed by atoms with Gasteiger partial charge in [0.15, 0.2) is 0 Å². The van der Waals surface area contributed by atoms with Crippen LogP contribution >= 0.6 is 28.1 Å². The van der Waals surface area contributed by atoms with Crippen molar-refractivity contribution in [1.82, 2.24) is 4.90 Å². The van der Waals surface area contributed by atoms with Crippen LogP contribution in [0.25, 0.3) is 0 Å². The molecule has 5 heteroatoms. The number of nitrogens with two attached hydrogens (primary N) is 1. The maximum atomic E-state index is 5.68. The molecule has 0 radical (unpaired) electrons. The molecule has 106 valence electrons. The number of rotatable bonds is 7. The maximum Gasteiger partial charge on any atom is 0.105 e. The van der Waals surface area contributed by atoms with Gasteiger partial charge in [-0.2, -0.15) is 0 Å². The van der Waals surface area contributed by atoms with Crippen molar-refractivity contribution >= 4 is 38.8 Å². The van der Waals surface area contributed by atoms with Gasteiger partial charge < -0.3 is 15.5 Å². The lowest BCUT2D eigenvalue weighted by molar-refractivity contribution is 0.413. The Bertz CT molecular complexity index is 435. The van der Waals surface area contributed by atoms with Gasteiger partial charge in [-0.1, -0.05) is 19.1 Å². The lowest BCUT2D eigenvalue weighted by Crippen LogP contribution is -2.32. The van der Waals surface area contributed by atoms with Gasteiger partial charge in [0.25, 0.3) is 0 Å². The molecule has 19 heavy (non-hydrogen) atoms. The second-order valence-electron chi connectivity index (χ2n) is 4.82. The Hall–Kier alpha value is -0.650. The van der Waals surface area contributed by atoms with Crippen molar-refractivity contribution in [3.8, 4) is 0 Å². The van der Waals surface area contributed by atoms with Crippen LogP contribution in [0.1, 0.15) is 18.9 Å². The number of halogens is 1. The van der Waals surface area contributed by atoms with E-state index < -0.39 is 0 Å². The third kappa shape index (κ3) is 5.09. The van der Waals surface area contributed by atoms with Crippen molar-refractivity contribution in [2.24, 2.45) is 5.73 Å². The van der Waals surface area contributed by atoms with E-state index in [1.807, 2.05) is 6.07 Å². The first-order valence-electron chi connectivity index (χ1n) is 6.44. The number of hydrogen-bond donors (Lipinski definition) is 1. The van der Waals surface area contributed by atoms with Crippen LogP contribution in [0.2, 0.25) is 0 Å². The monoisotopic (exact) mass is 343 g/mol. The molecule has 0 unspecified atom stereocenters. The van der Waals surface area contributed by atoms with E-state index >= 15 is 0 Å². The summed E-state index contributed by atoms with van der Waals surface area (Å²) in [4.78, 5) is 5.00. The lowest BCUT2D eigenvalue weighted by Gasteiger charge is -2.26. The van der Waals surface area contributed by atoms with Crippen LogP contribution in [0.5, 0.6) is 0 Å². The molecule has 1 rings (SSSR count). The Morgan fingerprint density at radius 2 is 1.95 bits per heavy atom. The number of likely N-dealkylation sites (N-methyl/N-ethyl adjacent to an activating group) is 1. The first-order valence-corrected chi connectivity index (χ1v) is 7.64. The van der Waals surface area contributed by atoms with Crippen LogP contribution in [-0.4, -0.2) is 43.6 Å². The standard InChI is InChI=1S/C14H22BrN3S/c1-4-7-18(9-8-17(2)3)11-5-6-12(14(16)19)13(15)10-11/h5-6,10H,4,7-9H2,1-3H3,(H2,16,19). The molecule has 0 amide bonds. The Balaban J connectivity index is 2.90. The molecule has 0 spiro atoms. The fraction of sp³-hybridized carbons (Fsp3) is 0.500. The summed E-state index contributed by atoms with van der Waals surface area (Å²) in [5.74, 6) is 0. The molecule has 1 aromatic rings. The highest BCUT2D eigenvalue weighted by Gasteiger charge is 2.09. The van der Waals surface area contributed by atoms with Crippen LogP contribution in [0.3, 0.4) is 0 Å². The largest absolute Gasteiger partial charge is 0.389 e. The number of anilines is 1. The summed E-state index contributed by atoms with van der Waals surface area (Å²) in [5, 5.41) is 0. The van der Waals surface area contributed by atoms with Crippen molar-refractivity contribution in [2.75, 3.05) is 38.6 Å². The fourth-order valence-corrected chi connectivity index (χ4v) is 2.75. The van der Waals surface area contributed by atoms with Crippen molar-refractivity contribution in [3.05, 3.63) is 28.2 Å². The molecule has 0 fully saturated rings. The van der Waals surface area contributed by atoms with Crippen LogP contribution in [0, 0.1) is 0 Å². The molecule has 3 nitrogen and oxygen atoms in total. The van der Waals surface area contributed by atoms with E-state index in [0.717, 1.165) is 36.1 Å². The average molecular weight is 344 g/mol. The highest BCUT2D eigenvalue weighted by molar-refractivity contribution is 9.10. The topological polar surface area (TPSA) is 32.5 Å². The molecule has 0 bridgehead atoms. The third-order valence-electron chi connectivity index (χ3n) is 2.89. The van der Waals surface area contributed by atoms with E-state index in [-0.39, 0.29) is 0 Å². The minimum atomic E-state index is 0.425. The van der Waals surface area contributed by atoms with Gasteiger partial charge in [-0.15, -0.1) is 0 Å². The molecular formula is C14H22BrN3S. The van der Waals surface area contributed by atoms with Gasteiger partial charge in [0, 0.05) is 35.4 Å². The summed E-state index contributed by atoms with van der Waals surface area (Å²) in [5.41, 5.74) is 7.77. The Kier molecular flexibility index (Phi) is 6.75. The lowest BCUT2D eigenvalue weighted by atomic mass is 10.2. The smallest absolute Gasteiger partial charge is 0.105 e. The molecule has 0 aromatic heterocycles. The molecule has 0 saturated heterocycles. The quantitative estimate of drug-likeness (QED) is 0.771. The van der Waals surface area contributed by atoms with Gasteiger partial charge in [0.2, 0.25) is 0 Å². The van der Waals surface area contributed by atoms with Crippen molar-refractivity contribution in [2.45, 2.75) is 13.3 Å². The first kappa shape index (κ1) is 16.4. The van der Waals surface area contributed by atoms with Crippen molar-refractivity contribution in [3.63, 3.8) is 0 Å².